The summed E-state index contributed by atoms with van der Waals surface area (Å²) < 4.78 is 10.4. The first-order chi connectivity index (χ1) is 10.3. The molecular weight excluding hydrogens is 264 g/mol. The molecule has 0 aliphatic heterocycles. The Bertz CT molecular complexity index is 630. The summed E-state index contributed by atoms with van der Waals surface area (Å²) in [7, 11) is 1.62. The second kappa shape index (κ2) is 7.29. The van der Waals surface area contributed by atoms with Crippen molar-refractivity contribution >= 4 is 11.5 Å². The fraction of sp³-hybridized carbons (Fsp3) is 0.167. The molecule has 0 saturated carbocycles. The highest BCUT2D eigenvalue weighted by molar-refractivity contribution is 5.97. The van der Waals surface area contributed by atoms with E-state index in [4.69, 9.17) is 9.47 Å². The molecule has 0 amide bonds. The molecule has 0 radical (unpaired) electrons. The fourth-order valence-electron chi connectivity index (χ4n) is 2.10. The lowest BCUT2D eigenvalue weighted by atomic mass is 9.97. The van der Waals surface area contributed by atoms with E-state index in [9.17, 15) is 4.79 Å². The maximum absolute atomic E-state index is 11.9. The Kier molecular flexibility index (Phi) is 5.16. The van der Waals surface area contributed by atoms with Gasteiger partial charge in [-0.25, -0.2) is 4.79 Å². The van der Waals surface area contributed by atoms with Crippen LogP contribution in [0.15, 0.2) is 60.7 Å². The Morgan fingerprint density at radius 1 is 1.05 bits per heavy atom. The summed E-state index contributed by atoms with van der Waals surface area (Å²) in [4.78, 5) is 11.9. The Morgan fingerprint density at radius 3 is 2.38 bits per heavy atom. The summed E-state index contributed by atoms with van der Waals surface area (Å²) in [5, 5.41) is 0. The minimum Gasteiger partial charge on any atom is -0.496 e. The summed E-state index contributed by atoms with van der Waals surface area (Å²) in [5.74, 6) is 0.360. The fourth-order valence-corrected chi connectivity index (χ4v) is 2.10. The highest BCUT2D eigenvalue weighted by atomic mass is 16.5. The average molecular weight is 282 g/mol. The van der Waals surface area contributed by atoms with E-state index in [0.29, 0.717) is 6.61 Å². The van der Waals surface area contributed by atoms with Crippen molar-refractivity contribution in [3.8, 4) is 5.75 Å². The van der Waals surface area contributed by atoms with Crippen LogP contribution >= 0.6 is 0 Å². The maximum atomic E-state index is 11.9. The first-order valence-corrected chi connectivity index (χ1v) is 6.83. The maximum Gasteiger partial charge on any atom is 0.331 e. The Hall–Kier alpha value is -2.55. The second-order valence-corrected chi connectivity index (χ2v) is 4.38. The number of benzene rings is 2. The van der Waals surface area contributed by atoms with Crippen molar-refractivity contribution in [2.75, 3.05) is 13.7 Å². The molecule has 0 saturated heterocycles. The molecule has 0 aliphatic carbocycles. The summed E-state index contributed by atoms with van der Waals surface area (Å²) in [6.07, 6.45) is 1.51. The third kappa shape index (κ3) is 3.72. The average Bonchev–Trinajstić information content (AvgIpc) is 2.54. The lowest BCUT2D eigenvalue weighted by Crippen LogP contribution is -2.02. The van der Waals surface area contributed by atoms with Crippen molar-refractivity contribution in [1.82, 2.24) is 0 Å². The van der Waals surface area contributed by atoms with Gasteiger partial charge in [-0.15, -0.1) is 0 Å². The third-order valence-corrected chi connectivity index (χ3v) is 3.03. The van der Waals surface area contributed by atoms with Gasteiger partial charge in [0.15, 0.2) is 0 Å². The smallest absolute Gasteiger partial charge is 0.331 e. The van der Waals surface area contributed by atoms with Crippen LogP contribution in [0.25, 0.3) is 5.57 Å². The van der Waals surface area contributed by atoms with Gasteiger partial charge in [-0.1, -0.05) is 48.5 Å². The zero-order chi connectivity index (χ0) is 15.1. The van der Waals surface area contributed by atoms with Crippen LogP contribution in [0, 0.1) is 0 Å². The van der Waals surface area contributed by atoms with Gasteiger partial charge in [0.25, 0.3) is 0 Å². The molecule has 0 bridgehead atoms. The van der Waals surface area contributed by atoms with Crippen molar-refractivity contribution < 1.29 is 14.3 Å². The monoisotopic (exact) mass is 282 g/mol. The summed E-state index contributed by atoms with van der Waals surface area (Å²) in [6.45, 7) is 2.14. The molecule has 2 aromatic carbocycles. The number of esters is 1. The molecule has 0 atom stereocenters. The van der Waals surface area contributed by atoms with Gasteiger partial charge in [-0.05, 0) is 24.1 Å². The molecule has 2 aromatic rings. The van der Waals surface area contributed by atoms with Gasteiger partial charge in [0, 0.05) is 11.6 Å². The first-order valence-electron chi connectivity index (χ1n) is 6.83. The van der Waals surface area contributed by atoms with Crippen molar-refractivity contribution in [1.29, 1.82) is 0 Å². The molecular formula is C18H18O3. The molecule has 0 unspecified atom stereocenters. The second-order valence-electron chi connectivity index (χ2n) is 4.38. The number of hydrogen-bond donors (Lipinski definition) is 0. The van der Waals surface area contributed by atoms with Crippen LogP contribution in [-0.4, -0.2) is 19.7 Å². The Labute approximate surface area is 124 Å². The van der Waals surface area contributed by atoms with Crippen LogP contribution in [0.3, 0.4) is 0 Å². The summed E-state index contributed by atoms with van der Waals surface area (Å²) in [6, 6.07) is 17.3. The Morgan fingerprint density at radius 2 is 1.71 bits per heavy atom. The third-order valence-electron chi connectivity index (χ3n) is 3.03. The molecule has 3 heteroatoms. The largest absolute Gasteiger partial charge is 0.496 e. The Balaban J connectivity index is 2.53. The summed E-state index contributed by atoms with van der Waals surface area (Å²) >= 11 is 0. The zero-order valence-electron chi connectivity index (χ0n) is 12.2. The van der Waals surface area contributed by atoms with E-state index in [1.54, 1.807) is 14.0 Å². The van der Waals surface area contributed by atoms with Gasteiger partial charge in [0.05, 0.1) is 13.7 Å². The predicted octanol–water partition coefficient (Wildman–Crippen LogP) is 3.69. The molecule has 2 rings (SSSR count). The molecule has 21 heavy (non-hydrogen) atoms. The minimum atomic E-state index is -0.359. The van der Waals surface area contributed by atoms with Gasteiger partial charge < -0.3 is 9.47 Å². The predicted molar refractivity (Wildman–Crippen MR) is 83.1 cm³/mol. The molecule has 0 fully saturated rings. The van der Waals surface area contributed by atoms with Crippen LogP contribution in [0.5, 0.6) is 5.75 Å². The highest BCUT2D eigenvalue weighted by Crippen LogP contribution is 2.30. The van der Waals surface area contributed by atoms with E-state index in [0.717, 1.165) is 22.4 Å². The van der Waals surface area contributed by atoms with E-state index in [1.165, 1.54) is 6.08 Å². The number of hydrogen-bond acceptors (Lipinski definition) is 3. The molecule has 0 aliphatic rings. The molecule has 0 spiro atoms. The number of carbonyl (C=O) groups is 1. The number of methoxy groups -OCH3 is 1. The summed E-state index contributed by atoms with van der Waals surface area (Å²) in [5.41, 5.74) is 2.58. The topological polar surface area (TPSA) is 35.5 Å². The van der Waals surface area contributed by atoms with E-state index in [-0.39, 0.29) is 5.97 Å². The lowest BCUT2D eigenvalue weighted by molar-refractivity contribution is -0.137. The van der Waals surface area contributed by atoms with E-state index >= 15 is 0 Å². The van der Waals surface area contributed by atoms with Crippen molar-refractivity contribution in [2.45, 2.75) is 6.92 Å². The van der Waals surface area contributed by atoms with Gasteiger partial charge in [-0.2, -0.15) is 0 Å². The van der Waals surface area contributed by atoms with Crippen LogP contribution in [0.2, 0.25) is 0 Å². The number of carbonyl (C=O) groups excluding carboxylic acids is 1. The van der Waals surface area contributed by atoms with Crippen LogP contribution in [0.1, 0.15) is 18.1 Å². The van der Waals surface area contributed by atoms with Gasteiger partial charge in [0.1, 0.15) is 5.75 Å². The molecule has 108 valence electrons. The lowest BCUT2D eigenvalue weighted by Gasteiger charge is -2.12. The van der Waals surface area contributed by atoms with Gasteiger partial charge in [-0.3, -0.25) is 0 Å². The van der Waals surface area contributed by atoms with Crippen molar-refractivity contribution in [3.63, 3.8) is 0 Å². The zero-order valence-corrected chi connectivity index (χ0v) is 12.2. The molecule has 3 nitrogen and oxygen atoms in total. The number of rotatable bonds is 5. The van der Waals surface area contributed by atoms with Crippen molar-refractivity contribution in [3.05, 3.63) is 71.8 Å². The minimum absolute atomic E-state index is 0.351. The normalized spacial score (nSPS) is 11.0. The van der Waals surface area contributed by atoms with Gasteiger partial charge in [0.2, 0.25) is 0 Å². The standard InChI is InChI=1S/C18H18O3/c1-3-21-18(19)13-16(14-9-5-4-6-10-14)15-11-7-8-12-17(15)20-2/h4-13H,3H2,1-2H3/b16-13+. The molecule has 0 N–H and O–H groups in total. The molecule has 0 heterocycles. The van der Waals surface area contributed by atoms with E-state index < -0.39 is 0 Å². The quantitative estimate of drug-likeness (QED) is 0.620. The number of ether oxygens (including phenoxy) is 2. The van der Waals surface area contributed by atoms with E-state index in [1.807, 2.05) is 54.6 Å². The SMILES string of the molecule is CCOC(=O)/C=C(\c1ccccc1)c1ccccc1OC. The van der Waals surface area contributed by atoms with Crippen LogP contribution in [0.4, 0.5) is 0 Å². The van der Waals surface area contributed by atoms with Crippen LogP contribution < -0.4 is 4.74 Å². The first kappa shape index (κ1) is 14.9. The number of para-hydroxylation sites is 1. The van der Waals surface area contributed by atoms with Gasteiger partial charge >= 0.3 is 5.97 Å². The van der Waals surface area contributed by atoms with Crippen LogP contribution in [-0.2, 0) is 9.53 Å². The highest BCUT2D eigenvalue weighted by Gasteiger charge is 2.12. The van der Waals surface area contributed by atoms with E-state index in [2.05, 4.69) is 0 Å². The van der Waals surface area contributed by atoms with Crippen molar-refractivity contribution in [2.24, 2.45) is 0 Å². The molecule has 0 aromatic heterocycles.